The number of thiophene rings is 1. The molecule has 0 aliphatic carbocycles. The van der Waals surface area contributed by atoms with Crippen LogP contribution in [0, 0.1) is 11.3 Å². The molecule has 9 heteroatoms. The lowest BCUT2D eigenvalue weighted by molar-refractivity contribution is -0.186. The summed E-state index contributed by atoms with van der Waals surface area (Å²) < 4.78 is 5.34. The van der Waals surface area contributed by atoms with Crippen molar-refractivity contribution in [2.45, 2.75) is 57.3 Å². The SMILES string of the molecule is CCCN(CCC)c1ccc2cc(-c3ccc(/C=C(\C#N)C(O)NC[C@H]4OC[C@H](O)[C@@H](O)[C@@H]4O)s3)ccc2c1. The Labute approximate surface area is 233 Å². The van der Waals surface area contributed by atoms with Crippen molar-refractivity contribution in [1.82, 2.24) is 5.32 Å². The van der Waals surface area contributed by atoms with Crippen LogP contribution in [0.1, 0.15) is 31.6 Å². The lowest BCUT2D eigenvalue weighted by Crippen LogP contribution is -2.56. The van der Waals surface area contributed by atoms with Crippen LogP contribution in [-0.4, -0.2) is 77.3 Å². The zero-order chi connectivity index (χ0) is 27.9. The third kappa shape index (κ3) is 7.04. The van der Waals surface area contributed by atoms with E-state index in [1.807, 2.05) is 18.2 Å². The number of fused-ring (bicyclic) bond motifs is 1. The smallest absolute Gasteiger partial charge is 0.141 e. The summed E-state index contributed by atoms with van der Waals surface area (Å²) in [5.41, 5.74) is 2.45. The van der Waals surface area contributed by atoms with E-state index in [1.54, 1.807) is 6.08 Å². The lowest BCUT2D eigenvalue weighted by atomic mass is 10.00. The van der Waals surface area contributed by atoms with Crippen LogP contribution < -0.4 is 10.2 Å². The molecule has 0 bridgehead atoms. The van der Waals surface area contributed by atoms with E-state index in [0.29, 0.717) is 0 Å². The molecule has 1 unspecified atom stereocenters. The summed E-state index contributed by atoms with van der Waals surface area (Å²) in [4.78, 5) is 4.30. The first kappa shape index (κ1) is 29.2. The van der Waals surface area contributed by atoms with E-state index in [1.165, 1.54) is 22.4 Å². The highest BCUT2D eigenvalue weighted by Gasteiger charge is 2.37. The molecule has 1 fully saturated rings. The van der Waals surface area contributed by atoms with Gasteiger partial charge in [-0.05, 0) is 65.6 Å². The lowest BCUT2D eigenvalue weighted by Gasteiger charge is -2.35. The summed E-state index contributed by atoms with van der Waals surface area (Å²) in [6, 6.07) is 19.0. The maximum absolute atomic E-state index is 10.5. The summed E-state index contributed by atoms with van der Waals surface area (Å²) in [6.45, 7) is 6.37. The average Bonchev–Trinajstić information content (AvgIpc) is 3.42. The molecule has 208 valence electrons. The van der Waals surface area contributed by atoms with E-state index in [0.717, 1.165) is 46.6 Å². The molecule has 0 saturated carbocycles. The highest BCUT2D eigenvalue weighted by Crippen LogP contribution is 2.33. The number of aliphatic hydroxyl groups excluding tert-OH is 4. The van der Waals surface area contributed by atoms with Gasteiger partial charge in [0, 0.05) is 35.1 Å². The molecule has 2 aromatic carbocycles. The van der Waals surface area contributed by atoms with Gasteiger partial charge in [-0.15, -0.1) is 11.3 Å². The van der Waals surface area contributed by atoms with Crippen LogP contribution in [-0.2, 0) is 4.74 Å². The first-order valence-corrected chi connectivity index (χ1v) is 14.2. The molecule has 1 aliphatic heterocycles. The molecule has 1 saturated heterocycles. The van der Waals surface area contributed by atoms with Gasteiger partial charge in [0.2, 0.25) is 0 Å². The van der Waals surface area contributed by atoms with Gasteiger partial charge in [-0.1, -0.05) is 32.0 Å². The van der Waals surface area contributed by atoms with Crippen molar-refractivity contribution >= 4 is 33.9 Å². The number of aliphatic hydroxyl groups is 4. The summed E-state index contributed by atoms with van der Waals surface area (Å²) >= 11 is 1.52. The average molecular weight is 552 g/mol. The first-order chi connectivity index (χ1) is 18.8. The predicted octanol–water partition coefficient (Wildman–Crippen LogP) is 3.49. The largest absolute Gasteiger partial charge is 0.388 e. The Morgan fingerprint density at radius 1 is 1.08 bits per heavy atom. The van der Waals surface area contributed by atoms with E-state index in [2.05, 4.69) is 60.5 Å². The summed E-state index contributed by atoms with van der Waals surface area (Å²) in [5.74, 6) is 0. The molecule has 2 heterocycles. The van der Waals surface area contributed by atoms with Crippen LogP contribution in [0.25, 0.3) is 27.3 Å². The molecular formula is C30H37N3O5S. The Morgan fingerprint density at radius 2 is 1.79 bits per heavy atom. The Kier molecular flexibility index (Phi) is 10.1. The van der Waals surface area contributed by atoms with Crippen molar-refractivity contribution < 1.29 is 25.2 Å². The van der Waals surface area contributed by atoms with Crippen molar-refractivity contribution in [3.63, 3.8) is 0 Å². The first-order valence-electron chi connectivity index (χ1n) is 13.4. The van der Waals surface area contributed by atoms with Gasteiger partial charge in [0.15, 0.2) is 0 Å². The number of benzene rings is 2. The summed E-state index contributed by atoms with van der Waals surface area (Å²) in [6.07, 6.45) is -2.04. The van der Waals surface area contributed by atoms with Gasteiger partial charge in [0.05, 0.1) is 24.4 Å². The van der Waals surface area contributed by atoms with Crippen molar-refractivity contribution in [1.29, 1.82) is 5.26 Å². The van der Waals surface area contributed by atoms with Crippen molar-refractivity contribution in [3.05, 3.63) is 59.0 Å². The molecule has 8 nitrogen and oxygen atoms in total. The van der Waals surface area contributed by atoms with Crippen molar-refractivity contribution in [2.24, 2.45) is 0 Å². The minimum absolute atomic E-state index is 0.00568. The predicted molar refractivity (Wildman–Crippen MR) is 155 cm³/mol. The molecule has 1 aliphatic rings. The zero-order valence-corrected chi connectivity index (χ0v) is 23.1. The van der Waals surface area contributed by atoms with Crippen molar-refractivity contribution in [3.8, 4) is 16.5 Å². The van der Waals surface area contributed by atoms with E-state index >= 15 is 0 Å². The molecule has 4 rings (SSSR count). The van der Waals surface area contributed by atoms with Crippen LogP contribution in [0.2, 0.25) is 0 Å². The van der Waals surface area contributed by atoms with Crippen LogP contribution in [0.3, 0.4) is 0 Å². The maximum Gasteiger partial charge on any atom is 0.141 e. The fourth-order valence-electron chi connectivity index (χ4n) is 4.79. The number of nitriles is 1. The minimum Gasteiger partial charge on any atom is -0.388 e. The standard InChI is InChI=1S/C30H37N3O5S/c1-3-11-33(12-4-2)23-8-7-19-13-21(6-5-20(19)14-23)27-10-9-24(39-27)15-22(16-31)30(37)32-17-26-29(36)28(35)25(34)18-38-26/h5-10,13-15,25-26,28-30,32,34-37H,3-4,11-12,17-18H2,1-2H3/b22-15+/t25-,26+,28+,29+,30?/m0/s1. The molecule has 5 atom stereocenters. The number of hydrogen-bond donors (Lipinski definition) is 5. The number of rotatable bonds is 11. The molecule has 0 amide bonds. The van der Waals surface area contributed by atoms with Crippen LogP contribution in [0.15, 0.2) is 54.1 Å². The molecule has 1 aromatic heterocycles. The van der Waals surface area contributed by atoms with E-state index in [4.69, 9.17) is 4.74 Å². The van der Waals surface area contributed by atoms with Gasteiger partial charge in [-0.25, -0.2) is 0 Å². The maximum atomic E-state index is 10.5. The molecule has 39 heavy (non-hydrogen) atoms. The Hall–Kier alpha value is -2.81. The highest BCUT2D eigenvalue weighted by molar-refractivity contribution is 7.16. The fourth-order valence-corrected chi connectivity index (χ4v) is 5.75. The molecule has 3 aromatic rings. The summed E-state index contributed by atoms with van der Waals surface area (Å²) in [7, 11) is 0. The quantitative estimate of drug-likeness (QED) is 0.181. The molecule has 0 spiro atoms. The second kappa shape index (κ2) is 13.5. The molecular weight excluding hydrogens is 514 g/mol. The van der Waals surface area contributed by atoms with Gasteiger partial charge in [0.25, 0.3) is 0 Å². The second-order valence-corrected chi connectivity index (χ2v) is 11.0. The monoisotopic (exact) mass is 551 g/mol. The van der Waals surface area contributed by atoms with E-state index in [-0.39, 0.29) is 18.7 Å². The van der Waals surface area contributed by atoms with Gasteiger partial charge >= 0.3 is 0 Å². The third-order valence-corrected chi connectivity index (χ3v) is 8.01. The molecule has 5 N–H and O–H groups in total. The van der Waals surface area contributed by atoms with Gasteiger partial charge in [-0.3, -0.25) is 5.32 Å². The number of nitrogens with zero attached hydrogens (tertiary/aromatic N) is 2. The Bertz CT molecular complexity index is 1310. The van der Waals surface area contributed by atoms with Gasteiger partial charge in [0.1, 0.15) is 24.5 Å². The minimum atomic E-state index is -1.33. The number of hydrogen-bond acceptors (Lipinski definition) is 9. The fraction of sp³-hybridized carbons (Fsp3) is 0.433. The topological polar surface area (TPSA) is 129 Å². The zero-order valence-electron chi connectivity index (χ0n) is 22.3. The van der Waals surface area contributed by atoms with Crippen LogP contribution in [0.4, 0.5) is 5.69 Å². The Morgan fingerprint density at radius 3 is 2.51 bits per heavy atom. The number of ether oxygens (including phenoxy) is 1. The Balaban J connectivity index is 1.45. The molecule has 0 radical (unpaired) electrons. The highest BCUT2D eigenvalue weighted by atomic mass is 32.1. The van der Waals surface area contributed by atoms with Crippen LogP contribution >= 0.6 is 11.3 Å². The number of anilines is 1. The second-order valence-electron chi connectivity index (χ2n) is 9.88. The van der Waals surface area contributed by atoms with E-state index in [9.17, 15) is 25.7 Å². The van der Waals surface area contributed by atoms with Gasteiger partial charge in [-0.2, -0.15) is 5.26 Å². The number of nitrogens with one attached hydrogen (secondary N) is 1. The van der Waals surface area contributed by atoms with Crippen LogP contribution in [0.5, 0.6) is 0 Å². The van der Waals surface area contributed by atoms with Gasteiger partial charge < -0.3 is 30.1 Å². The van der Waals surface area contributed by atoms with Crippen molar-refractivity contribution in [2.75, 3.05) is 31.1 Å². The van der Waals surface area contributed by atoms with E-state index < -0.39 is 30.6 Å². The summed E-state index contributed by atoms with van der Waals surface area (Å²) in [5, 5.41) is 54.8. The normalized spacial score (nSPS) is 22.5. The third-order valence-electron chi connectivity index (χ3n) is 6.93.